The third kappa shape index (κ3) is 3.17. The predicted molar refractivity (Wildman–Crippen MR) is 86.2 cm³/mol. The van der Waals surface area contributed by atoms with Gasteiger partial charge in [-0.15, -0.1) is 0 Å². The first-order valence-electron chi connectivity index (χ1n) is 6.92. The molecule has 0 unspecified atom stereocenters. The molecule has 0 saturated carbocycles. The van der Waals surface area contributed by atoms with Crippen LogP contribution in [-0.4, -0.2) is 17.6 Å². The lowest BCUT2D eigenvalue weighted by atomic mass is 10.1. The minimum Gasteiger partial charge on any atom is -0.508 e. The van der Waals surface area contributed by atoms with E-state index in [0.29, 0.717) is 11.4 Å². The number of benzene rings is 3. The van der Waals surface area contributed by atoms with Gasteiger partial charge in [0.05, 0.1) is 0 Å². The molecule has 0 aliphatic carbocycles. The monoisotopic (exact) mass is 293 g/mol. The van der Waals surface area contributed by atoms with Crippen LogP contribution >= 0.6 is 0 Å². The molecule has 0 atom stereocenters. The standard InChI is InChI=1S/C18H15NO3/c20-15-8-4-7-14(11-15)19-18(21)12-22-17-10-3-6-13-5-1-2-9-16(13)17/h1-11,20H,12H2,(H,19,21). The van der Waals surface area contributed by atoms with E-state index in [1.807, 2.05) is 42.5 Å². The van der Waals surface area contributed by atoms with Gasteiger partial charge in [0.2, 0.25) is 0 Å². The Morgan fingerprint density at radius 1 is 1.00 bits per heavy atom. The molecule has 3 aromatic carbocycles. The molecular weight excluding hydrogens is 278 g/mol. The van der Waals surface area contributed by atoms with Crippen molar-refractivity contribution in [1.29, 1.82) is 0 Å². The summed E-state index contributed by atoms with van der Waals surface area (Å²) in [7, 11) is 0. The summed E-state index contributed by atoms with van der Waals surface area (Å²) in [6, 6.07) is 20.0. The average Bonchev–Trinajstić information content (AvgIpc) is 2.53. The van der Waals surface area contributed by atoms with E-state index in [0.717, 1.165) is 10.8 Å². The van der Waals surface area contributed by atoms with Gasteiger partial charge in [-0.1, -0.05) is 42.5 Å². The van der Waals surface area contributed by atoms with Crippen LogP contribution in [0.2, 0.25) is 0 Å². The highest BCUT2D eigenvalue weighted by atomic mass is 16.5. The van der Waals surface area contributed by atoms with Crippen LogP contribution in [0.1, 0.15) is 0 Å². The number of fused-ring (bicyclic) bond motifs is 1. The summed E-state index contributed by atoms with van der Waals surface area (Å²) in [4.78, 5) is 11.9. The van der Waals surface area contributed by atoms with Crippen LogP contribution < -0.4 is 10.1 Å². The van der Waals surface area contributed by atoms with Gasteiger partial charge in [0, 0.05) is 17.1 Å². The number of rotatable bonds is 4. The van der Waals surface area contributed by atoms with E-state index in [9.17, 15) is 9.90 Å². The highest BCUT2D eigenvalue weighted by Gasteiger charge is 2.06. The molecule has 110 valence electrons. The van der Waals surface area contributed by atoms with Crippen molar-refractivity contribution in [1.82, 2.24) is 0 Å². The van der Waals surface area contributed by atoms with E-state index in [-0.39, 0.29) is 18.3 Å². The summed E-state index contributed by atoms with van der Waals surface area (Å²) in [6.45, 7) is -0.0936. The number of carbonyl (C=O) groups excluding carboxylic acids is 1. The fraction of sp³-hybridized carbons (Fsp3) is 0.0556. The first-order chi connectivity index (χ1) is 10.7. The maximum atomic E-state index is 11.9. The van der Waals surface area contributed by atoms with E-state index in [1.165, 1.54) is 6.07 Å². The van der Waals surface area contributed by atoms with E-state index in [1.54, 1.807) is 18.2 Å². The fourth-order valence-corrected chi connectivity index (χ4v) is 2.25. The topological polar surface area (TPSA) is 58.6 Å². The SMILES string of the molecule is O=C(COc1cccc2ccccc12)Nc1cccc(O)c1. The lowest BCUT2D eigenvalue weighted by molar-refractivity contribution is -0.118. The van der Waals surface area contributed by atoms with Gasteiger partial charge in [0.1, 0.15) is 11.5 Å². The lowest BCUT2D eigenvalue weighted by Gasteiger charge is -2.10. The van der Waals surface area contributed by atoms with Crippen molar-refractivity contribution in [3.05, 3.63) is 66.7 Å². The summed E-state index contributed by atoms with van der Waals surface area (Å²) in [5.41, 5.74) is 0.534. The van der Waals surface area contributed by atoms with Gasteiger partial charge in [-0.05, 0) is 23.6 Å². The Kier molecular flexibility index (Phi) is 3.92. The van der Waals surface area contributed by atoms with Crippen LogP contribution in [-0.2, 0) is 4.79 Å². The molecular formula is C18H15NO3. The molecule has 0 aromatic heterocycles. The van der Waals surface area contributed by atoms with Crippen LogP contribution in [0, 0.1) is 0 Å². The second kappa shape index (κ2) is 6.18. The number of ether oxygens (including phenoxy) is 1. The minimum absolute atomic E-state index is 0.0936. The van der Waals surface area contributed by atoms with Gasteiger partial charge < -0.3 is 15.2 Å². The number of anilines is 1. The van der Waals surface area contributed by atoms with E-state index >= 15 is 0 Å². The number of hydrogen-bond donors (Lipinski definition) is 2. The first kappa shape index (κ1) is 13.9. The maximum Gasteiger partial charge on any atom is 0.262 e. The van der Waals surface area contributed by atoms with Crippen LogP contribution in [0.3, 0.4) is 0 Å². The van der Waals surface area contributed by atoms with Gasteiger partial charge in [0.25, 0.3) is 5.91 Å². The normalized spacial score (nSPS) is 10.4. The fourth-order valence-electron chi connectivity index (χ4n) is 2.25. The number of phenolic OH excluding ortho intramolecular Hbond substituents is 1. The molecule has 2 N–H and O–H groups in total. The van der Waals surface area contributed by atoms with Crippen LogP contribution in [0.15, 0.2) is 66.7 Å². The van der Waals surface area contributed by atoms with Crippen LogP contribution in [0.25, 0.3) is 10.8 Å². The van der Waals surface area contributed by atoms with E-state index < -0.39 is 0 Å². The van der Waals surface area contributed by atoms with Crippen molar-refractivity contribution in [3.8, 4) is 11.5 Å². The molecule has 0 fully saturated rings. The molecule has 0 heterocycles. The lowest BCUT2D eigenvalue weighted by Crippen LogP contribution is -2.20. The van der Waals surface area contributed by atoms with Crippen LogP contribution in [0.5, 0.6) is 11.5 Å². The molecule has 3 aromatic rings. The number of aromatic hydroxyl groups is 1. The highest BCUT2D eigenvalue weighted by Crippen LogP contribution is 2.25. The largest absolute Gasteiger partial charge is 0.508 e. The maximum absolute atomic E-state index is 11.9. The zero-order chi connectivity index (χ0) is 15.4. The summed E-state index contributed by atoms with van der Waals surface area (Å²) < 4.78 is 5.61. The molecule has 4 heteroatoms. The number of nitrogens with one attached hydrogen (secondary N) is 1. The van der Waals surface area contributed by atoms with Gasteiger partial charge in [-0.3, -0.25) is 4.79 Å². The van der Waals surface area contributed by atoms with Gasteiger partial charge in [0.15, 0.2) is 6.61 Å². The highest BCUT2D eigenvalue weighted by molar-refractivity contribution is 5.93. The quantitative estimate of drug-likeness (QED) is 0.773. The van der Waals surface area contributed by atoms with E-state index in [2.05, 4.69) is 5.32 Å². The predicted octanol–water partition coefficient (Wildman–Crippen LogP) is 3.56. The third-order valence-electron chi connectivity index (χ3n) is 3.24. The van der Waals surface area contributed by atoms with Gasteiger partial charge >= 0.3 is 0 Å². The number of carbonyl (C=O) groups is 1. The van der Waals surface area contributed by atoms with Crippen molar-refractivity contribution < 1.29 is 14.6 Å². The van der Waals surface area contributed by atoms with E-state index in [4.69, 9.17) is 4.74 Å². The Balaban J connectivity index is 1.68. The Bertz CT molecular complexity index is 809. The average molecular weight is 293 g/mol. The zero-order valence-corrected chi connectivity index (χ0v) is 11.8. The number of amides is 1. The summed E-state index contributed by atoms with van der Waals surface area (Å²) in [5, 5.41) is 14.1. The van der Waals surface area contributed by atoms with Gasteiger partial charge in [-0.2, -0.15) is 0 Å². The third-order valence-corrected chi connectivity index (χ3v) is 3.24. The minimum atomic E-state index is -0.279. The summed E-state index contributed by atoms with van der Waals surface area (Å²) in [6.07, 6.45) is 0. The van der Waals surface area contributed by atoms with Crippen molar-refractivity contribution in [2.75, 3.05) is 11.9 Å². The Morgan fingerprint density at radius 2 is 1.77 bits per heavy atom. The molecule has 0 radical (unpaired) electrons. The second-order valence-electron chi connectivity index (χ2n) is 4.86. The van der Waals surface area contributed by atoms with Crippen molar-refractivity contribution in [2.45, 2.75) is 0 Å². The molecule has 4 nitrogen and oxygen atoms in total. The molecule has 0 bridgehead atoms. The Hall–Kier alpha value is -3.01. The molecule has 22 heavy (non-hydrogen) atoms. The van der Waals surface area contributed by atoms with Gasteiger partial charge in [-0.25, -0.2) is 0 Å². The van der Waals surface area contributed by atoms with Crippen molar-refractivity contribution in [2.24, 2.45) is 0 Å². The number of hydrogen-bond acceptors (Lipinski definition) is 3. The second-order valence-corrected chi connectivity index (χ2v) is 4.86. The van der Waals surface area contributed by atoms with Crippen molar-refractivity contribution >= 4 is 22.4 Å². The Labute approximate surface area is 128 Å². The molecule has 3 rings (SSSR count). The van der Waals surface area contributed by atoms with Crippen molar-refractivity contribution in [3.63, 3.8) is 0 Å². The zero-order valence-electron chi connectivity index (χ0n) is 11.8. The molecule has 0 aliphatic heterocycles. The molecule has 0 spiro atoms. The first-order valence-corrected chi connectivity index (χ1v) is 6.92. The Morgan fingerprint density at radius 3 is 2.64 bits per heavy atom. The number of phenols is 1. The van der Waals surface area contributed by atoms with Crippen LogP contribution in [0.4, 0.5) is 5.69 Å². The smallest absolute Gasteiger partial charge is 0.262 e. The summed E-state index contributed by atoms with van der Waals surface area (Å²) >= 11 is 0. The molecule has 0 saturated heterocycles. The summed E-state index contributed by atoms with van der Waals surface area (Å²) in [5.74, 6) is 0.496. The molecule has 0 aliphatic rings. The molecule has 1 amide bonds.